The molecule has 2 heteroatoms. The maximum absolute atomic E-state index is 4.29. The van der Waals surface area contributed by atoms with Gasteiger partial charge in [0, 0.05) is 6.92 Å². The Morgan fingerprint density at radius 2 is 1.89 bits per heavy atom. The van der Waals surface area contributed by atoms with Crippen molar-refractivity contribution < 1.29 is 4.48 Å². The second-order valence-electron chi connectivity index (χ2n) is 2.97. The third-order valence-electron chi connectivity index (χ3n) is 1.68. The Morgan fingerprint density at radius 3 is 2.00 bits per heavy atom. The first kappa shape index (κ1) is 6.49. The van der Waals surface area contributed by atoms with Gasteiger partial charge in [-0.2, -0.15) is 0 Å². The lowest BCUT2D eigenvalue weighted by Crippen LogP contribution is -2.35. The van der Waals surface area contributed by atoms with E-state index in [0.29, 0.717) is 0 Å². The molecule has 0 aromatic heterocycles. The highest BCUT2D eigenvalue weighted by Crippen LogP contribution is 2.14. The van der Waals surface area contributed by atoms with Gasteiger partial charge in [0.15, 0.2) is 0 Å². The summed E-state index contributed by atoms with van der Waals surface area (Å²) in [7, 11) is 4.24. The summed E-state index contributed by atoms with van der Waals surface area (Å²) >= 11 is 0. The molecule has 0 saturated heterocycles. The molecule has 0 aliphatic carbocycles. The summed E-state index contributed by atoms with van der Waals surface area (Å²) in [6, 6.07) is 0. The average Bonchev–Trinajstić information content (AvgIpc) is 1.79. The fourth-order valence-electron chi connectivity index (χ4n) is 0.973. The molecule has 0 saturated carbocycles. The molecule has 1 rings (SSSR count). The molecule has 0 fully saturated rings. The summed E-state index contributed by atoms with van der Waals surface area (Å²) in [5, 5.41) is 0. The van der Waals surface area contributed by atoms with Gasteiger partial charge in [-0.3, -0.25) is 4.48 Å². The topological polar surface area (TPSA) is 12.4 Å². The van der Waals surface area contributed by atoms with Crippen LogP contribution in [0.25, 0.3) is 0 Å². The summed E-state index contributed by atoms with van der Waals surface area (Å²) in [5.74, 6) is 1.16. The van der Waals surface area contributed by atoms with Crippen molar-refractivity contribution in [1.82, 2.24) is 0 Å². The Morgan fingerprint density at radius 1 is 1.33 bits per heavy atom. The van der Waals surface area contributed by atoms with E-state index in [2.05, 4.69) is 25.3 Å². The molecule has 0 radical (unpaired) electrons. The van der Waals surface area contributed by atoms with E-state index in [-0.39, 0.29) is 0 Å². The molecule has 1 aliphatic rings. The van der Waals surface area contributed by atoms with Crippen molar-refractivity contribution in [2.24, 2.45) is 4.99 Å². The van der Waals surface area contributed by atoms with E-state index >= 15 is 0 Å². The molecule has 9 heavy (non-hydrogen) atoms. The first-order valence-corrected chi connectivity index (χ1v) is 3.11. The van der Waals surface area contributed by atoms with Crippen molar-refractivity contribution in [2.75, 3.05) is 14.1 Å². The quantitative estimate of drug-likeness (QED) is 0.433. The maximum Gasteiger partial charge on any atom is 0.204 e. The summed E-state index contributed by atoms with van der Waals surface area (Å²) in [6.45, 7) is 4.07. The molecule has 1 aliphatic heterocycles. The number of quaternary nitrogens is 1. The molecule has 0 unspecified atom stereocenters. The van der Waals surface area contributed by atoms with E-state index in [1.807, 2.05) is 13.8 Å². The molecule has 0 atom stereocenters. The summed E-state index contributed by atoms with van der Waals surface area (Å²) in [4.78, 5) is 4.29. The van der Waals surface area contributed by atoms with Crippen LogP contribution < -0.4 is 0 Å². The highest BCUT2D eigenvalue weighted by atomic mass is 15.4. The molecule has 1 heterocycles. The van der Waals surface area contributed by atoms with Crippen molar-refractivity contribution in [2.45, 2.75) is 13.8 Å². The lowest BCUT2D eigenvalue weighted by Gasteiger charge is -2.18. The fraction of sp³-hybridized carbons (Fsp3) is 0.571. The number of hydrogen-bond donors (Lipinski definition) is 0. The summed E-state index contributed by atoms with van der Waals surface area (Å²) in [5.41, 5.74) is 1.12. The Bertz CT molecular complexity index is 187. The second-order valence-corrected chi connectivity index (χ2v) is 2.97. The summed E-state index contributed by atoms with van der Waals surface area (Å²) in [6.07, 6.45) is 2.13. The van der Waals surface area contributed by atoms with Gasteiger partial charge >= 0.3 is 0 Å². The second kappa shape index (κ2) is 1.67. The zero-order valence-electron chi connectivity index (χ0n) is 6.47. The predicted octanol–water partition coefficient (Wildman–Crippen LogP) is 1.36. The van der Waals surface area contributed by atoms with Gasteiger partial charge in [-0.25, -0.2) is 4.99 Å². The van der Waals surface area contributed by atoms with Crippen LogP contribution in [0.1, 0.15) is 13.8 Å². The van der Waals surface area contributed by atoms with Crippen LogP contribution in [0.15, 0.2) is 16.9 Å². The van der Waals surface area contributed by atoms with Gasteiger partial charge in [0.25, 0.3) is 0 Å². The van der Waals surface area contributed by atoms with Gasteiger partial charge in [-0.15, -0.1) is 0 Å². The fourth-order valence-corrected chi connectivity index (χ4v) is 0.973. The monoisotopic (exact) mass is 125 g/mol. The number of aliphatic imine (C=N–C) groups is 1. The molecular weight excluding hydrogens is 112 g/mol. The van der Waals surface area contributed by atoms with Crippen LogP contribution in [0.5, 0.6) is 0 Å². The molecule has 0 bridgehead atoms. The van der Waals surface area contributed by atoms with Crippen molar-refractivity contribution in [3.05, 3.63) is 11.9 Å². The van der Waals surface area contributed by atoms with Gasteiger partial charge in [-0.1, -0.05) is 0 Å². The first-order valence-electron chi connectivity index (χ1n) is 3.11. The van der Waals surface area contributed by atoms with Gasteiger partial charge in [0.1, 0.15) is 6.20 Å². The smallest absolute Gasteiger partial charge is 0.204 e. The largest absolute Gasteiger partial charge is 0.256 e. The zero-order valence-corrected chi connectivity index (χ0v) is 6.47. The SMILES string of the molecule is CC1=C[N+](C)(C)C(C)=N1. The summed E-state index contributed by atoms with van der Waals surface area (Å²) < 4.78 is 0.811. The van der Waals surface area contributed by atoms with Crippen molar-refractivity contribution in [3.8, 4) is 0 Å². The van der Waals surface area contributed by atoms with E-state index in [0.717, 1.165) is 16.0 Å². The number of amidine groups is 1. The minimum absolute atomic E-state index is 0.811. The van der Waals surface area contributed by atoms with Crippen LogP contribution in [0.4, 0.5) is 0 Å². The van der Waals surface area contributed by atoms with Crippen LogP contribution >= 0.6 is 0 Å². The standard InChI is InChI=1S/C7H13N2/c1-6-5-9(3,4)7(2)8-6/h5H,1-4H3/q+1. The lowest BCUT2D eigenvalue weighted by atomic mass is 10.5. The van der Waals surface area contributed by atoms with Gasteiger partial charge < -0.3 is 0 Å². The molecule has 0 spiro atoms. The third-order valence-corrected chi connectivity index (χ3v) is 1.68. The molecule has 2 nitrogen and oxygen atoms in total. The van der Waals surface area contributed by atoms with E-state index < -0.39 is 0 Å². The highest BCUT2D eigenvalue weighted by molar-refractivity contribution is 5.75. The number of rotatable bonds is 0. The van der Waals surface area contributed by atoms with E-state index in [1.54, 1.807) is 0 Å². The first-order chi connectivity index (χ1) is 4.02. The number of hydrogen-bond acceptors (Lipinski definition) is 1. The van der Waals surface area contributed by atoms with Crippen LogP contribution in [-0.4, -0.2) is 24.4 Å². The normalized spacial score (nSPS) is 23.6. The maximum atomic E-state index is 4.29. The van der Waals surface area contributed by atoms with Crippen LogP contribution in [0, 0.1) is 0 Å². The number of nitrogens with zero attached hydrogens (tertiary/aromatic N) is 2. The minimum atomic E-state index is 0.811. The third kappa shape index (κ3) is 1.03. The van der Waals surface area contributed by atoms with Crippen molar-refractivity contribution in [1.29, 1.82) is 0 Å². The number of allylic oxidation sites excluding steroid dienone is 1. The van der Waals surface area contributed by atoms with Crippen molar-refractivity contribution >= 4 is 5.84 Å². The minimum Gasteiger partial charge on any atom is -0.256 e. The predicted molar refractivity (Wildman–Crippen MR) is 39.0 cm³/mol. The molecule has 0 aromatic rings. The zero-order chi connectivity index (χ0) is 7.07. The Kier molecular flexibility index (Phi) is 1.21. The van der Waals surface area contributed by atoms with Gasteiger partial charge in [0.2, 0.25) is 5.84 Å². The van der Waals surface area contributed by atoms with Crippen molar-refractivity contribution in [3.63, 3.8) is 0 Å². The average molecular weight is 125 g/mol. The highest BCUT2D eigenvalue weighted by Gasteiger charge is 2.22. The van der Waals surface area contributed by atoms with E-state index in [9.17, 15) is 0 Å². The molecule has 50 valence electrons. The van der Waals surface area contributed by atoms with Crippen LogP contribution in [0.3, 0.4) is 0 Å². The Labute approximate surface area is 56.1 Å². The van der Waals surface area contributed by atoms with Gasteiger partial charge in [-0.05, 0) is 6.92 Å². The lowest BCUT2D eigenvalue weighted by molar-refractivity contribution is -0.740. The molecule has 0 amide bonds. The van der Waals surface area contributed by atoms with Gasteiger partial charge in [0.05, 0.1) is 19.8 Å². The molecular formula is C7H13N2+. The molecule has 0 N–H and O–H groups in total. The Hall–Kier alpha value is -0.630. The van der Waals surface area contributed by atoms with E-state index in [4.69, 9.17) is 0 Å². The van der Waals surface area contributed by atoms with E-state index in [1.165, 1.54) is 0 Å². The van der Waals surface area contributed by atoms with Crippen LogP contribution in [0.2, 0.25) is 0 Å². The molecule has 0 aromatic carbocycles. The Balaban J connectivity index is 2.96. The van der Waals surface area contributed by atoms with Crippen LogP contribution in [-0.2, 0) is 0 Å².